The molecule has 1 aromatic heterocycles. The summed E-state index contributed by atoms with van der Waals surface area (Å²) in [5.41, 5.74) is 5.00. The van der Waals surface area contributed by atoms with E-state index in [0.717, 1.165) is 4.57 Å². The Morgan fingerprint density at radius 1 is 1.29 bits per heavy atom. The largest absolute Gasteiger partial charge is 0.480 e. The lowest BCUT2D eigenvalue weighted by molar-refractivity contribution is -0.137. The number of nitrogens with zero attached hydrogens (tertiary/aromatic N) is 2. The van der Waals surface area contributed by atoms with E-state index in [9.17, 15) is 14.4 Å². The second-order valence-electron chi connectivity index (χ2n) is 4.12. The standard InChI is InChI=1S/C13H10IN3O4/c14-9-10(11(20)7-4-2-1-3-5-7)17(6-8(18)19)13(21)16-12(9)15/h1-5H,6H2,(H,18,19)(H2,15,16,21). The summed E-state index contributed by atoms with van der Waals surface area (Å²) in [6.07, 6.45) is 0. The van der Waals surface area contributed by atoms with Crippen LogP contribution in [0.5, 0.6) is 0 Å². The molecule has 0 fully saturated rings. The number of carboxylic acids is 1. The zero-order valence-corrected chi connectivity index (χ0v) is 12.8. The Morgan fingerprint density at radius 3 is 2.48 bits per heavy atom. The van der Waals surface area contributed by atoms with Crippen LogP contribution in [0.2, 0.25) is 0 Å². The van der Waals surface area contributed by atoms with Gasteiger partial charge in [0.05, 0.1) is 3.57 Å². The SMILES string of the molecule is Nc1nc(=O)n(CC(=O)O)c(C(=O)c2ccccc2)c1I. The molecule has 3 N–H and O–H groups in total. The lowest BCUT2D eigenvalue weighted by atomic mass is 10.1. The van der Waals surface area contributed by atoms with E-state index in [1.54, 1.807) is 52.9 Å². The zero-order valence-electron chi connectivity index (χ0n) is 10.6. The molecule has 0 saturated heterocycles. The molecule has 2 aromatic rings. The number of aliphatic carboxylic acids is 1. The third-order valence-electron chi connectivity index (χ3n) is 2.69. The molecule has 8 heteroatoms. The predicted octanol–water partition coefficient (Wildman–Crippen LogP) is 0.746. The number of halogens is 1. The number of nitrogens with two attached hydrogens (primary N) is 1. The van der Waals surface area contributed by atoms with Crippen molar-refractivity contribution in [1.29, 1.82) is 0 Å². The first kappa shape index (κ1) is 15.2. The summed E-state index contributed by atoms with van der Waals surface area (Å²) in [7, 11) is 0. The number of nitrogen functional groups attached to an aromatic ring is 1. The van der Waals surface area contributed by atoms with Crippen LogP contribution < -0.4 is 11.4 Å². The van der Waals surface area contributed by atoms with E-state index in [1.165, 1.54) is 0 Å². The molecule has 0 aliphatic rings. The molecular formula is C13H10IN3O4. The van der Waals surface area contributed by atoms with Gasteiger partial charge in [0.2, 0.25) is 5.78 Å². The van der Waals surface area contributed by atoms with Crippen LogP contribution in [0.25, 0.3) is 0 Å². The van der Waals surface area contributed by atoms with Crippen molar-refractivity contribution in [3.8, 4) is 0 Å². The molecule has 0 atom stereocenters. The summed E-state index contributed by atoms with van der Waals surface area (Å²) in [5, 5.41) is 8.90. The van der Waals surface area contributed by atoms with Crippen molar-refractivity contribution in [3.63, 3.8) is 0 Å². The fourth-order valence-corrected chi connectivity index (χ4v) is 2.44. The maximum Gasteiger partial charge on any atom is 0.350 e. The molecule has 0 aliphatic heterocycles. The fourth-order valence-electron chi connectivity index (χ4n) is 1.78. The van der Waals surface area contributed by atoms with Gasteiger partial charge in [-0.05, 0) is 22.6 Å². The van der Waals surface area contributed by atoms with Gasteiger partial charge in [0.15, 0.2) is 0 Å². The summed E-state index contributed by atoms with van der Waals surface area (Å²) in [5.74, 6) is -1.82. The maximum absolute atomic E-state index is 12.5. The zero-order chi connectivity index (χ0) is 15.6. The third kappa shape index (κ3) is 3.10. The average molecular weight is 399 g/mol. The van der Waals surface area contributed by atoms with Crippen molar-refractivity contribution in [2.24, 2.45) is 0 Å². The van der Waals surface area contributed by atoms with Gasteiger partial charge in [-0.15, -0.1) is 0 Å². The second kappa shape index (κ2) is 6.04. The van der Waals surface area contributed by atoms with E-state index in [0.29, 0.717) is 5.56 Å². The Balaban J connectivity index is 2.69. The Hall–Kier alpha value is -2.23. The normalized spacial score (nSPS) is 10.3. The first-order chi connectivity index (χ1) is 9.91. The molecule has 0 amide bonds. The smallest absolute Gasteiger partial charge is 0.350 e. The highest BCUT2D eigenvalue weighted by molar-refractivity contribution is 14.1. The van der Waals surface area contributed by atoms with E-state index in [4.69, 9.17) is 10.8 Å². The van der Waals surface area contributed by atoms with E-state index in [2.05, 4.69) is 4.98 Å². The summed E-state index contributed by atoms with van der Waals surface area (Å²) < 4.78 is 1.07. The van der Waals surface area contributed by atoms with Crippen LogP contribution in [0.1, 0.15) is 16.1 Å². The number of hydrogen-bond acceptors (Lipinski definition) is 5. The number of carboxylic acid groups (broad SMARTS) is 1. The van der Waals surface area contributed by atoms with E-state index < -0.39 is 24.0 Å². The van der Waals surface area contributed by atoms with Gasteiger partial charge in [0.1, 0.15) is 18.1 Å². The van der Waals surface area contributed by atoms with Crippen molar-refractivity contribution in [1.82, 2.24) is 9.55 Å². The number of aromatic nitrogens is 2. The van der Waals surface area contributed by atoms with Crippen molar-refractivity contribution in [2.45, 2.75) is 6.54 Å². The highest BCUT2D eigenvalue weighted by Gasteiger charge is 2.22. The van der Waals surface area contributed by atoms with E-state index >= 15 is 0 Å². The van der Waals surface area contributed by atoms with Crippen molar-refractivity contribution >= 4 is 40.2 Å². The molecule has 0 spiro atoms. The molecule has 2 rings (SSSR count). The number of benzene rings is 1. The first-order valence-corrected chi connectivity index (χ1v) is 6.87. The van der Waals surface area contributed by atoms with E-state index in [-0.39, 0.29) is 15.1 Å². The second-order valence-corrected chi connectivity index (χ2v) is 5.20. The van der Waals surface area contributed by atoms with Crippen LogP contribution in [0.15, 0.2) is 35.1 Å². The Labute approximate surface area is 132 Å². The highest BCUT2D eigenvalue weighted by atomic mass is 127. The number of ketones is 1. The Bertz CT molecular complexity index is 771. The lowest BCUT2D eigenvalue weighted by Gasteiger charge is -2.12. The van der Waals surface area contributed by atoms with Crippen molar-refractivity contribution in [2.75, 3.05) is 5.73 Å². The van der Waals surface area contributed by atoms with E-state index in [1.807, 2.05) is 0 Å². The molecule has 21 heavy (non-hydrogen) atoms. The first-order valence-electron chi connectivity index (χ1n) is 5.79. The molecule has 0 unspecified atom stereocenters. The maximum atomic E-state index is 12.5. The van der Waals surface area contributed by atoms with Crippen molar-refractivity contribution in [3.05, 3.63) is 55.6 Å². The van der Waals surface area contributed by atoms with Gasteiger partial charge < -0.3 is 10.8 Å². The summed E-state index contributed by atoms with van der Waals surface area (Å²) in [6.45, 7) is -0.657. The highest BCUT2D eigenvalue weighted by Crippen LogP contribution is 2.19. The minimum absolute atomic E-state index is 0.0679. The molecule has 0 bridgehead atoms. The number of carbonyl (C=O) groups excluding carboxylic acids is 1. The third-order valence-corrected chi connectivity index (χ3v) is 3.76. The minimum atomic E-state index is -1.25. The van der Waals surface area contributed by atoms with Crippen LogP contribution in [-0.2, 0) is 11.3 Å². The molecule has 0 radical (unpaired) electrons. The van der Waals surface area contributed by atoms with Gasteiger partial charge in [-0.2, -0.15) is 4.98 Å². The molecule has 1 heterocycles. The number of hydrogen-bond donors (Lipinski definition) is 2. The topological polar surface area (TPSA) is 115 Å². The predicted molar refractivity (Wildman–Crippen MR) is 83.1 cm³/mol. The van der Waals surface area contributed by atoms with Gasteiger partial charge in [-0.1, -0.05) is 30.3 Å². The monoisotopic (exact) mass is 399 g/mol. The number of rotatable bonds is 4. The fraction of sp³-hybridized carbons (Fsp3) is 0.0769. The Kier molecular flexibility index (Phi) is 4.36. The summed E-state index contributed by atoms with van der Waals surface area (Å²) in [4.78, 5) is 38.8. The van der Waals surface area contributed by atoms with Gasteiger partial charge >= 0.3 is 11.7 Å². The van der Waals surface area contributed by atoms with Crippen LogP contribution >= 0.6 is 22.6 Å². The quantitative estimate of drug-likeness (QED) is 0.579. The molecule has 0 saturated carbocycles. The molecule has 1 aromatic carbocycles. The summed E-state index contributed by atoms with van der Waals surface area (Å²) in [6, 6.07) is 8.23. The van der Waals surface area contributed by atoms with Gasteiger partial charge in [0.25, 0.3) is 0 Å². The molecule has 7 nitrogen and oxygen atoms in total. The average Bonchev–Trinajstić information content (AvgIpc) is 2.45. The van der Waals surface area contributed by atoms with Crippen LogP contribution in [-0.4, -0.2) is 26.4 Å². The number of anilines is 1. The number of carbonyl (C=O) groups is 2. The van der Waals surface area contributed by atoms with Crippen molar-refractivity contribution < 1.29 is 14.7 Å². The van der Waals surface area contributed by atoms with Gasteiger partial charge in [-0.25, -0.2) is 4.79 Å². The minimum Gasteiger partial charge on any atom is -0.480 e. The molecule has 108 valence electrons. The summed E-state index contributed by atoms with van der Waals surface area (Å²) >= 11 is 1.77. The molecular weight excluding hydrogens is 389 g/mol. The van der Waals surface area contributed by atoms with Crippen LogP contribution in [0.4, 0.5) is 5.82 Å². The van der Waals surface area contributed by atoms with Gasteiger partial charge in [-0.3, -0.25) is 14.2 Å². The Morgan fingerprint density at radius 2 is 1.90 bits per heavy atom. The van der Waals surface area contributed by atoms with Crippen LogP contribution in [0.3, 0.4) is 0 Å². The molecule has 0 aliphatic carbocycles. The van der Waals surface area contributed by atoms with Gasteiger partial charge in [0, 0.05) is 5.56 Å². The van der Waals surface area contributed by atoms with Crippen LogP contribution in [0, 0.1) is 3.57 Å². The lowest BCUT2D eigenvalue weighted by Crippen LogP contribution is -2.33.